The maximum atomic E-state index is 12.4. The van der Waals surface area contributed by atoms with E-state index in [1.165, 1.54) is 24.3 Å². The quantitative estimate of drug-likeness (QED) is 0.396. The first-order valence-electron chi connectivity index (χ1n) is 8.12. The standard InChI is InChI=1S/C20H13N3O3S/c24-19(13-6-9-16(10-7-13)23(25)26)21-15-8-11-17-18(12-15)27-20(22-17)14-4-2-1-3-5-14/h1-12H,(H,21,24). The summed E-state index contributed by atoms with van der Waals surface area (Å²) in [4.78, 5) is 27.2. The van der Waals surface area contributed by atoms with Gasteiger partial charge in [0, 0.05) is 28.9 Å². The molecule has 0 spiro atoms. The predicted octanol–water partition coefficient (Wildman–Crippen LogP) is 5.12. The van der Waals surface area contributed by atoms with E-state index in [-0.39, 0.29) is 11.6 Å². The predicted molar refractivity (Wildman–Crippen MR) is 106 cm³/mol. The number of carbonyl (C=O) groups excluding carboxylic acids is 1. The molecule has 132 valence electrons. The number of nitro groups is 1. The van der Waals surface area contributed by atoms with Gasteiger partial charge in [0.2, 0.25) is 0 Å². The third kappa shape index (κ3) is 3.54. The third-order valence-electron chi connectivity index (χ3n) is 4.01. The molecule has 0 aliphatic carbocycles. The summed E-state index contributed by atoms with van der Waals surface area (Å²) in [7, 11) is 0. The van der Waals surface area contributed by atoms with Gasteiger partial charge in [0.1, 0.15) is 5.01 Å². The number of fused-ring (bicyclic) bond motifs is 1. The zero-order valence-corrected chi connectivity index (χ0v) is 14.8. The molecule has 1 N–H and O–H groups in total. The summed E-state index contributed by atoms with van der Waals surface area (Å²) in [6, 6.07) is 21.0. The van der Waals surface area contributed by atoms with Gasteiger partial charge in [-0.05, 0) is 30.3 Å². The summed E-state index contributed by atoms with van der Waals surface area (Å²) >= 11 is 1.56. The Bertz CT molecular complexity index is 1140. The Morgan fingerprint density at radius 1 is 1.00 bits per heavy atom. The van der Waals surface area contributed by atoms with Crippen LogP contribution in [0.1, 0.15) is 10.4 Å². The second-order valence-electron chi connectivity index (χ2n) is 5.83. The molecule has 0 aliphatic heterocycles. The fourth-order valence-electron chi connectivity index (χ4n) is 2.64. The van der Waals surface area contributed by atoms with E-state index < -0.39 is 4.92 Å². The van der Waals surface area contributed by atoms with E-state index in [1.807, 2.05) is 42.5 Å². The van der Waals surface area contributed by atoms with Crippen LogP contribution in [-0.4, -0.2) is 15.8 Å². The van der Waals surface area contributed by atoms with Crippen molar-refractivity contribution in [2.45, 2.75) is 0 Å². The van der Waals surface area contributed by atoms with E-state index in [0.29, 0.717) is 11.3 Å². The summed E-state index contributed by atoms with van der Waals surface area (Å²) in [6.07, 6.45) is 0. The molecule has 0 aliphatic rings. The summed E-state index contributed by atoms with van der Waals surface area (Å²) in [5.74, 6) is -0.322. The van der Waals surface area contributed by atoms with Gasteiger partial charge in [0.05, 0.1) is 15.1 Å². The summed E-state index contributed by atoms with van der Waals surface area (Å²) in [5.41, 5.74) is 2.87. The first-order valence-corrected chi connectivity index (χ1v) is 8.93. The van der Waals surface area contributed by atoms with E-state index in [2.05, 4.69) is 10.3 Å². The van der Waals surface area contributed by atoms with Crippen LogP contribution in [0.2, 0.25) is 0 Å². The van der Waals surface area contributed by atoms with Gasteiger partial charge in [-0.25, -0.2) is 4.98 Å². The van der Waals surface area contributed by atoms with Crippen LogP contribution in [0.4, 0.5) is 11.4 Å². The van der Waals surface area contributed by atoms with Crippen molar-refractivity contribution in [1.29, 1.82) is 0 Å². The maximum absolute atomic E-state index is 12.4. The van der Waals surface area contributed by atoms with Crippen LogP contribution in [-0.2, 0) is 0 Å². The van der Waals surface area contributed by atoms with Crippen LogP contribution < -0.4 is 5.32 Å². The molecule has 0 radical (unpaired) electrons. The van der Waals surface area contributed by atoms with E-state index in [1.54, 1.807) is 17.4 Å². The molecule has 4 aromatic rings. The first-order chi connectivity index (χ1) is 13.1. The Balaban J connectivity index is 1.57. The highest BCUT2D eigenvalue weighted by atomic mass is 32.1. The van der Waals surface area contributed by atoms with Gasteiger partial charge in [0.25, 0.3) is 11.6 Å². The van der Waals surface area contributed by atoms with Crippen molar-refractivity contribution in [1.82, 2.24) is 4.98 Å². The van der Waals surface area contributed by atoms with E-state index in [0.717, 1.165) is 20.8 Å². The summed E-state index contributed by atoms with van der Waals surface area (Å²) in [5, 5.41) is 14.4. The number of nitrogens with one attached hydrogen (secondary N) is 1. The minimum atomic E-state index is -0.496. The van der Waals surface area contributed by atoms with Crippen molar-refractivity contribution in [3.63, 3.8) is 0 Å². The molecule has 1 heterocycles. The van der Waals surface area contributed by atoms with Crippen LogP contribution in [0.3, 0.4) is 0 Å². The number of rotatable bonds is 4. The molecule has 0 bridgehead atoms. The largest absolute Gasteiger partial charge is 0.322 e. The Morgan fingerprint density at radius 2 is 1.74 bits per heavy atom. The molecule has 0 fully saturated rings. The van der Waals surface area contributed by atoms with Gasteiger partial charge in [-0.1, -0.05) is 30.3 Å². The molecule has 27 heavy (non-hydrogen) atoms. The van der Waals surface area contributed by atoms with E-state index >= 15 is 0 Å². The minimum absolute atomic E-state index is 0.0499. The van der Waals surface area contributed by atoms with Gasteiger partial charge >= 0.3 is 0 Å². The highest BCUT2D eigenvalue weighted by Crippen LogP contribution is 2.31. The number of amides is 1. The van der Waals surface area contributed by atoms with Gasteiger partial charge in [-0.2, -0.15) is 0 Å². The van der Waals surface area contributed by atoms with Crippen molar-refractivity contribution >= 4 is 38.8 Å². The molecular formula is C20H13N3O3S. The fourth-order valence-corrected chi connectivity index (χ4v) is 3.65. The van der Waals surface area contributed by atoms with Gasteiger partial charge in [-0.15, -0.1) is 11.3 Å². The SMILES string of the molecule is O=C(Nc1ccc2nc(-c3ccccc3)sc2c1)c1ccc([N+](=O)[O-])cc1. The second-order valence-corrected chi connectivity index (χ2v) is 6.86. The first kappa shape index (κ1) is 16.9. The molecule has 0 atom stereocenters. The van der Waals surface area contributed by atoms with Gasteiger partial charge in [0.15, 0.2) is 0 Å². The molecular weight excluding hydrogens is 362 g/mol. The normalized spacial score (nSPS) is 10.7. The smallest absolute Gasteiger partial charge is 0.269 e. The third-order valence-corrected chi connectivity index (χ3v) is 5.07. The molecule has 4 rings (SSSR count). The lowest BCUT2D eigenvalue weighted by molar-refractivity contribution is -0.384. The molecule has 0 saturated carbocycles. The lowest BCUT2D eigenvalue weighted by atomic mass is 10.2. The van der Waals surface area contributed by atoms with Crippen LogP contribution in [0, 0.1) is 10.1 Å². The molecule has 7 heteroatoms. The van der Waals surface area contributed by atoms with Gasteiger partial charge < -0.3 is 5.32 Å². The van der Waals surface area contributed by atoms with Crippen molar-refractivity contribution in [2.24, 2.45) is 0 Å². The number of anilines is 1. The zero-order valence-electron chi connectivity index (χ0n) is 14.0. The second kappa shape index (κ2) is 6.97. The highest BCUT2D eigenvalue weighted by Gasteiger charge is 2.11. The number of nitrogens with zero attached hydrogens (tertiary/aromatic N) is 2. The lowest BCUT2D eigenvalue weighted by Crippen LogP contribution is -2.11. The maximum Gasteiger partial charge on any atom is 0.269 e. The van der Waals surface area contributed by atoms with Crippen molar-refractivity contribution in [3.8, 4) is 10.6 Å². The number of nitro benzene ring substituents is 1. The fraction of sp³-hybridized carbons (Fsp3) is 0. The molecule has 1 aromatic heterocycles. The van der Waals surface area contributed by atoms with Gasteiger partial charge in [-0.3, -0.25) is 14.9 Å². The van der Waals surface area contributed by atoms with Crippen LogP contribution in [0.5, 0.6) is 0 Å². The number of hydrogen-bond donors (Lipinski definition) is 1. The Kier molecular flexibility index (Phi) is 4.35. The highest BCUT2D eigenvalue weighted by molar-refractivity contribution is 7.21. The Morgan fingerprint density at radius 3 is 2.44 bits per heavy atom. The van der Waals surface area contributed by atoms with E-state index in [4.69, 9.17) is 0 Å². The summed E-state index contributed by atoms with van der Waals surface area (Å²) in [6.45, 7) is 0. The number of non-ortho nitro benzene ring substituents is 1. The number of thiazole rings is 1. The molecule has 0 saturated heterocycles. The topological polar surface area (TPSA) is 85.1 Å². The molecule has 0 unspecified atom stereocenters. The molecule has 1 amide bonds. The summed E-state index contributed by atoms with van der Waals surface area (Å²) < 4.78 is 0.968. The Labute approximate surface area is 158 Å². The van der Waals surface area contributed by atoms with Crippen LogP contribution in [0.25, 0.3) is 20.8 Å². The number of hydrogen-bond acceptors (Lipinski definition) is 5. The van der Waals surface area contributed by atoms with E-state index in [9.17, 15) is 14.9 Å². The number of carbonyl (C=O) groups is 1. The van der Waals surface area contributed by atoms with Crippen molar-refractivity contribution in [3.05, 3.63) is 88.5 Å². The molecule has 3 aromatic carbocycles. The van der Waals surface area contributed by atoms with Crippen LogP contribution in [0.15, 0.2) is 72.8 Å². The number of benzene rings is 3. The number of aromatic nitrogens is 1. The molecule has 6 nitrogen and oxygen atoms in total. The van der Waals surface area contributed by atoms with Crippen molar-refractivity contribution < 1.29 is 9.72 Å². The van der Waals surface area contributed by atoms with Crippen LogP contribution >= 0.6 is 11.3 Å². The average molecular weight is 375 g/mol. The zero-order chi connectivity index (χ0) is 18.8. The minimum Gasteiger partial charge on any atom is -0.322 e. The Hall–Kier alpha value is -3.58. The lowest BCUT2D eigenvalue weighted by Gasteiger charge is -2.05. The van der Waals surface area contributed by atoms with Crippen molar-refractivity contribution in [2.75, 3.05) is 5.32 Å². The monoisotopic (exact) mass is 375 g/mol. The average Bonchev–Trinajstić information content (AvgIpc) is 3.12.